The number of nitrogens with zero attached hydrogens (tertiary/aromatic N) is 2. The van der Waals surface area contributed by atoms with Gasteiger partial charge in [0.15, 0.2) is 5.60 Å². The number of carbonyl (C=O) groups is 1. The molecular formula is C17H15ClN2O4. The summed E-state index contributed by atoms with van der Waals surface area (Å²) in [5, 5.41) is 11.2. The Morgan fingerprint density at radius 3 is 2.50 bits per heavy atom. The van der Waals surface area contributed by atoms with Crippen molar-refractivity contribution in [2.75, 3.05) is 4.90 Å². The van der Waals surface area contributed by atoms with Gasteiger partial charge in [-0.2, -0.15) is 0 Å². The number of carbonyl (C=O) groups excluding carboxylic acids is 1. The number of halogens is 1. The van der Waals surface area contributed by atoms with E-state index in [1.807, 2.05) is 0 Å². The summed E-state index contributed by atoms with van der Waals surface area (Å²) in [7, 11) is 0. The van der Waals surface area contributed by atoms with Gasteiger partial charge in [-0.15, -0.1) is 0 Å². The van der Waals surface area contributed by atoms with Crippen molar-refractivity contribution >= 4 is 28.9 Å². The van der Waals surface area contributed by atoms with Crippen LogP contribution in [0.3, 0.4) is 0 Å². The van der Waals surface area contributed by atoms with Crippen molar-refractivity contribution in [1.82, 2.24) is 0 Å². The monoisotopic (exact) mass is 346 g/mol. The molecular weight excluding hydrogens is 332 g/mol. The van der Waals surface area contributed by atoms with Crippen molar-refractivity contribution < 1.29 is 14.5 Å². The second kappa shape index (κ2) is 5.79. The van der Waals surface area contributed by atoms with E-state index in [2.05, 4.69) is 0 Å². The fraction of sp³-hybridized carbons (Fsp3) is 0.235. The van der Waals surface area contributed by atoms with Crippen LogP contribution in [0.4, 0.5) is 11.4 Å². The van der Waals surface area contributed by atoms with E-state index in [0.29, 0.717) is 16.5 Å². The highest BCUT2D eigenvalue weighted by Gasteiger charge is 2.40. The SMILES string of the molecule is CC1(C)Oc2ccc(Cl)cc2N(Cc2ccc([N+](=O)[O-])cc2)C1=O. The number of non-ortho nitro benzene ring substituents is 1. The largest absolute Gasteiger partial charge is 0.476 e. The summed E-state index contributed by atoms with van der Waals surface area (Å²) < 4.78 is 5.77. The molecule has 3 rings (SSSR count). The van der Waals surface area contributed by atoms with Gasteiger partial charge in [-0.25, -0.2) is 0 Å². The lowest BCUT2D eigenvalue weighted by atomic mass is 10.0. The Hall–Kier alpha value is -2.60. The van der Waals surface area contributed by atoms with Crippen LogP contribution in [-0.4, -0.2) is 16.4 Å². The first kappa shape index (κ1) is 16.3. The molecule has 0 aliphatic carbocycles. The van der Waals surface area contributed by atoms with Gasteiger partial charge in [0.1, 0.15) is 5.75 Å². The zero-order valence-electron chi connectivity index (χ0n) is 13.2. The molecule has 24 heavy (non-hydrogen) atoms. The maximum Gasteiger partial charge on any atom is 0.271 e. The third-order valence-corrected chi connectivity index (χ3v) is 4.06. The smallest absolute Gasteiger partial charge is 0.271 e. The zero-order chi connectivity index (χ0) is 17.5. The summed E-state index contributed by atoms with van der Waals surface area (Å²) in [6.45, 7) is 3.68. The molecule has 0 aromatic heterocycles. The number of anilines is 1. The number of nitro benzene ring substituents is 1. The van der Waals surface area contributed by atoms with Crippen molar-refractivity contribution in [2.24, 2.45) is 0 Å². The van der Waals surface area contributed by atoms with Gasteiger partial charge in [-0.1, -0.05) is 23.7 Å². The molecule has 124 valence electrons. The van der Waals surface area contributed by atoms with Crippen molar-refractivity contribution in [2.45, 2.75) is 26.0 Å². The molecule has 0 radical (unpaired) electrons. The van der Waals surface area contributed by atoms with Crippen molar-refractivity contribution in [3.05, 3.63) is 63.2 Å². The topological polar surface area (TPSA) is 72.7 Å². The van der Waals surface area contributed by atoms with Gasteiger partial charge in [-0.3, -0.25) is 14.9 Å². The van der Waals surface area contributed by atoms with Crippen LogP contribution in [0.25, 0.3) is 0 Å². The van der Waals surface area contributed by atoms with Gasteiger partial charge < -0.3 is 9.64 Å². The van der Waals surface area contributed by atoms with E-state index in [4.69, 9.17) is 16.3 Å². The highest BCUT2D eigenvalue weighted by atomic mass is 35.5. The average Bonchev–Trinajstić information content (AvgIpc) is 2.53. The van der Waals surface area contributed by atoms with Crippen LogP contribution in [-0.2, 0) is 11.3 Å². The first-order valence-corrected chi connectivity index (χ1v) is 7.69. The van der Waals surface area contributed by atoms with Crippen molar-refractivity contribution in [3.63, 3.8) is 0 Å². The van der Waals surface area contributed by atoms with Crippen molar-refractivity contribution in [1.29, 1.82) is 0 Å². The Bertz CT molecular complexity index is 818. The fourth-order valence-corrected chi connectivity index (χ4v) is 2.77. The van der Waals surface area contributed by atoms with E-state index >= 15 is 0 Å². The number of rotatable bonds is 3. The van der Waals surface area contributed by atoms with Crippen LogP contribution in [0.5, 0.6) is 5.75 Å². The lowest BCUT2D eigenvalue weighted by Gasteiger charge is -2.38. The highest BCUT2D eigenvalue weighted by molar-refractivity contribution is 6.31. The average molecular weight is 347 g/mol. The summed E-state index contributed by atoms with van der Waals surface area (Å²) in [6, 6.07) is 11.2. The van der Waals surface area contributed by atoms with Crippen LogP contribution in [0.1, 0.15) is 19.4 Å². The molecule has 0 unspecified atom stereocenters. The quantitative estimate of drug-likeness (QED) is 0.623. The van der Waals surface area contributed by atoms with Crippen molar-refractivity contribution in [3.8, 4) is 5.75 Å². The van der Waals surface area contributed by atoms with E-state index in [1.54, 1.807) is 49.1 Å². The molecule has 0 bridgehead atoms. The first-order chi connectivity index (χ1) is 11.3. The van der Waals surface area contributed by atoms with Gasteiger partial charge in [0.05, 0.1) is 17.2 Å². The lowest BCUT2D eigenvalue weighted by molar-refractivity contribution is -0.384. The van der Waals surface area contributed by atoms with Gasteiger partial charge >= 0.3 is 0 Å². The molecule has 0 N–H and O–H groups in total. The highest BCUT2D eigenvalue weighted by Crippen LogP contribution is 2.40. The number of amides is 1. The number of nitro groups is 1. The summed E-state index contributed by atoms with van der Waals surface area (Å²) in [5.74, 6) is 0.376. The first-order valence-electron chi connectivity index (χ1n) is 7.32. The molecule has 2 aromatic rings. The standard InChI is InChI=1S/C17H15ClN2O4/c1-17(2)16(21)19(14-9-12(18)5-8-15(14)24-17)10-11-3-6-13(7-4-11)20(22)23/h3-9H,10H2,1-2H3. The van der Waals surface area contributed by atoms with Gasteiger partial charge in [0.25, 0.3) is 11.6 Å². The Labute approximate surface area is 143 Å². The van der Waals surface area contributed by atoms with E-state index in [-0.39, 0.29) is 18.1 Å². The predicted molar refractivity (Wildman–Crippen MR) is 90.4 cm³/mol. The minimum atomic E-state index is -0.998. The molecule has 2 aromatic carbocycles. The molecule has 6 nitrogen and oxygen atoms in total. The molecule has 0 spiro atoms. The molecule has 0 saturated heterocycles. The molecule has 0 fully saturated rings. The summed E-state index contributed by atoms with van der Waals surface area (Å²) in [4.78, 5) is 24.6. The Balaban J connectivity index is 1.98. The third kappa shape index (κ3) is 2.92. The summed E-state index contributed by atoms with van der Waals surface area (Å²) >= 11 is 6.05. The lowest BCUT2D eigenvalue weighted by Crippen LogP contribution is -2.52. The maximum atomic E-state index is 12.8. The number of hydrogen-bond donors (Lipinski definition) is 0. The second-order valence-corrected chi connectivity index (χ2v) is 6.48. The number of fused-ring (bicyclic) bond motifs is 1. The van der Waals surface area contributed by atoms with E-state index in [0.717, 1.165) is 5.56 Å². The molecule has 1 aliphatic heterocycles. The Kier molecular flexibility index (Phi) is 3.93. The number of ether oxygens (including phenoxy) is 1. The molecule has 0 atom stereocenters. The van der Waals surface area contributed by atoms with E-state index in [9.17, 15) is 14.9 Å². The van der Waals surface area contributed by atoms with Gasteiger partial charge in [-0.05, 0) is 37.6 Å². The van der Waals surface area contributed by atoms with E-state index < -0.39 is 10.5 Å². The van der Waals surface area contributed by atoms with Crippen LogP contribution in [0.15, 0.2) is 42.5 Å². The number of hydrogen-bond acceptors (Lipinski definition) is 4. The van der Waals surface area contributed by atoms with Crippen LogP contribution < -0.4 is 9.64 Å². The molecule has 0 saturated carbocycles. The van der Waals surface area contributed by atoms with Gasteiger partial charge in [0.2, 0.25) is 0 Å². The molecule has 1 aliphatic rings. The Morgan fingerprint density at radius 2 is 1.88 bits per heavy atom. The second-order valence-electron chi connectivity index (χ2n) is 6.04. The predicted octanol–water partition coefficient (Wildman–Crippen LogP) is 3.95. The van der Waals surface area contributed by atoms with E-state index in [1.165, 1.54) is 12.1 Å². The van der Waals surface area contributed by atoms with Crippen LogP contribution >= 0.6 is 11.6 Å². The van der Waals surface area contributed by atoms with Crippen LogP contribution in [0, 0.1) is 10.1 Å². The fourth-order valence-electron chi connectivity index (χ4n) is 2.60. The van der Waals surface area contributed by atoms with Crippen LogP contribution in [0.2, 0.25) is 5.02 Å². The maximum absolute atomic E-state index is 12.8. The van der Waals surface area contributed by atoms with Gasteiger partial charge in [0, 0.05) is 17.2 Å². The summed E-state index contributed by atoms with van der Waals surface area (Å²) in [5.41, 5.74) is 0.375. The minimum absolute atomic E-state index is 0.0100. The third-order valence-electron chi connectivity index (χ3n) is 3.82. The minimum Gasteiger partial charge on any atom is -0.476 e. The Morgan fingerprint density at radius 1 is 1.21 bits per heavy atom. The summed E-state index contributed by atoms with van der Waals surface area (Å²) in [6.07, 6.45) is 0. The zero-order valence-corrected chi connectivity index (χ0v) is 13.9. The molecule has 7 heteroatoms. The molecule has 1 heterocycles. The number of benzene rings is 2. The molecule has 1 amide bonds. The normalized spacial score (nSPS) is 15.6.